The largest absolute Gasteiger partial charge is 0.493 e. The zero-order valence-electron chi connectivity index (χ0n) is 12.2. The van der Waals surface area contributed by atoms with Crippen molar-refractivity contribution in [2.24, 2.45) is 5.41 Å². The van der Waals surface area contributed by atoms with Crippen LogP contribution in [-0.4, -0.2) is 13.2 Å². The van der Waals surface area contributed by atoms with Crippen LogP contribution in [0.5, 0.6) is 5.75 Å². The molecule has 0 saturated heterocycles. The van der Waals surface area contributed by atoms with Crippen molar-refractivity contribution in [1.29, 1.82) is 0 Å². The molecule has 1 unspecified atom stereocenters. The number of ether oxygens (including phenoxy) is 1. The van der Waals surface area contributed by atoms with E-state index in [2.05, 4.69) is 37.4 Å². The Bertz CT molecular complexity index is 449. The molecule has 3 rings (SSSR count). The van der Waals surface area contributed by atoms with E-state index in [4.69, 9.17) is 4.74 Å². The SMILES string of the molecule is CCNC(c1ccc2c(c1)CCO2)C1(C)CCCC1. The highest BCUT2D eigenvalue weighted by atomic mass is 16.5. The Hall–Kier alpha value is -1.02. The summed E-state index contributed by atoms with van der Waals surface area (Å²) in [6.07, 6.45) is 6.52. The molecule has 1 aliphatic carbocycles. The second kappa shape index (κ2) is 5.16. The van der Waals surface area contributed by atoms with Crippen LogP contribution < -0.4 is 10.1 Å². The van der Waals surface area contributed by atoms with Gasteiger partial charge in [0, 0.05) is 12.5 Å². The topological polar surface area (TPSA) is 21.3 Å². The van der Waals surface area contributed by atoms with E-state index in [9.17, 15) is 0 Å². The Balaban J connectivity index is 1.91. The predicted molar refractivity (Wildman–Crippen MR) is 78.6 cm³/mol. The molecule has 0 aromatic heterocycles. The maximum Gasteiger partial charge on any atom is 0.122 e. The Labute approximate surface area is 116 Å². The fraction of sp³-hybridized carbons (Fsp3) is 0.647. The van der Waals surface area contributed by atoms with E-state index >= 15 is 0 Å². The summed E-state index contributed by atoms with van der Waals surface area (Å²) >= 11 is 0. The molecule has 1 atom stereocenters. The summed E-state index contributed by atoms with van der Waals surface area (Å²) in [6.45, 7) is 6.55. The third kappa shape index (κ3) is 2.38. The monoisotopic (exact) mass is 259 g/mol. The van der Waals surface area contributed by atoms with Gasteiger partial charge in [-0.15, -0.1) is 0 Å². The van der Waals surface area contributed by atoms with Crippen LogP contribution in [0.2, 0.25) is 0 Å². The highest BCUT2D eigenvalue weighted by Gasteiger charge is 2.37. The fourth-order valence-electron chi connectivity index (χ4n) is 3.83. The first-order valence-electron chi connectivity index (χ1n) is 7.72. The molecule has 1 heterocycles. The molecule has 19 heavy (non-hydrogen) atoms. The van der Waals surface area contributed by atoms with Crippen molar-refractivity contribution in [3.05, 3.63) is 29.3 Å². The zero-order chi connectivity index (χ0) is 13.3. The average molecular weight is 259 g/mol. The van der Waals surface area contributed by atoms with Gasteiger partial charge in [-0.25, -0.2) is 0 Å². The molecule has 1 aromatic rings. The fourth-order valence-corrected chi connectivity index (χ4v) is 3.83. The molecule has 1 N–H and O–H groups in total. The number of hydrogen-bond acceptors (Lipinski definition) is 2. The standard InChI is InChI=1S/C17H25NO/c1-3-18-16(17(2)9-4-5-10-17)14-6-7-15-13(12-14)8-11-19-15/h6-7,12,16,18H,3-5,8-11H2,1-2H3. The van der Waals surface area contributed by atoms with Gasteiger partial charge < -0.3 is 10.1 Å². The number of hydrogen-bond donors (Lipinski definition) is 1. The van der Waals surface area contributed by atoms with Crippen LogP contribution in [0.15, 0.2) is 18.2 Å². The van der Waals surface area contributed by atoms with Crippen molar-refractivity contribution in [1.82, 2.24) is 5.32 Å². The van der Waals surface area contributed by atoms with Crippen molar-refractivity contribution < 1.29 is 4.74 Å². The van der Waals surface area contributed by atoms with Crippen LogP contribution in [0.4, 0.5) is 0 Å². The van der Waals surface area contributed by atoms with Crippen LogP contribution in [0.25, 0.3) is 0 Å². The number of fused-ring (bicyclic) bond motifs is 1. The Morgan fingerprint density at radius 3 is 2.84 bits per heavy atom. The third-order valence-corrected chi connectivity index (χ3v) is 4.90. The van der Waals surface area contributed by atoms with Crippen molar-refractivity contribution in [2.75, 3.05) is 13.2 Å². The van der Waals surface area contributed by atoms with E-state index in [-0.39, 0.29) is 0 Å². The summed E-state index contributed by atoms with van der Waals surface area (Å²) in [6, 6.07) is 7.30. The van der Waals surface area contributed by atoms with Crippen LogP contribution in [0, 0.1) is 5.41 Å². The molecule has 104 valence electrons. The van der Waals surface area contributed by atoms with Crippen molar-refractivity contribution in [3.8, 4) is 5.75 Å². The molecule has 0 spiro atoms. The van der Waals surface area contributed by atoms with Crippen LogP contribution in [0.1, 0.15) is 56.7 Å². The first-order chi connectivity index (χ1) is 9.23. The minimum Gasteiger partial charge on any atom is -0.493 e. The van der Waals surface area contributed by atoms with E-state index in [0.29, 0.717) is 11.5 Å². The normalized spacial score (nSPS) is 22.0. The van der Waals surface area contributed by atoms with Crippen molar-refractivity contribution >= 4 is 0 Å². The van der Waals surface area contributed by atoms with Gasteiger partial charge in [0.2, 0.25) is 0 Å². The molecule has 1 aliphatic heterocycles. The molecule has 1 aromatic carbocycles. The van der Waals surface area contributed by atoms with Crippen LogP contribution in [-0.2, 0) is 6.42 Å². The van der Waals surface area contributed by atoms with Gasteiger partial charge in [0.1, 0.15) is 5.75 Å². The van der Waals surface area contributed by atoms with Gasteiger partial charge in [0.05, 0.1) is 6.61 Å². The van der Waals surface area contributed by atoms with Gasteiger partial charge in [-0.1, -0.05) is 38.8 Å². The van der Waals surface area contributed by atoms with E-state index in [1.165, 1.54) is 36.8 Å². The zero-order valence-corrected chi connectivity index (χ0v) is 12.2. The summed E-state index contributed by atoms with van der Waals surface area (Å²) in [7, 11) is 0. The van der Waals surface area contributed by atoms with Crippen LogP contribution in [0.3, 0.4) is 0 Å². The van der Waals surface area contributed by atoms with Gasteiger partial charge in [0.25, 0.3) is 0 Å². The second-order valence-electron chi connectivity index (χ2n) is 6.32. The lowest BCUT2D eigenvalue weighted by Gasteiger charge is -2.35. The van der Waals surface area contributed by atoms with Crippen molar-refractivity contribution in [3.63, 3.8) is 0 Å². The minimum atomic E-state index is 0.420. The minimum absolute atomic E-state index is 0.420. The Morgan fingerprint density at radius 1 is 1.32 bits per heavy atom. The van der Waals surface area contributed by atoms with E-state index in [1.54, 1.807) is 0 Å². The van der Waals surface area contributed by atoms with Gasteiger partial charge in [-0.3, -0.25) is 0 Å². The average Bonchev–Trinajstić information content (AvgIpc) is 3.04. The molecular weight excluding hydrogens is 234 g/mol. The molecular formula is C17H25NO. The highest BCUT2D eigenvalue weighted by Crippen LogP contribution is 2.47. The summed E-state index contributed by atoms with van der Waals surface area (Å²) in [5, 5.41) is 3.73. The van der Waals surface area contributed by atoms with Gasteiger partial charge >= 0.3 is 0 Å². The van der Waals surface area contributed by atoms with E-state index in [0.717, 1.165) is 25.3 Å². The predicted octanol–water partition coefficient (Wildman–Crippen LogP) is 3.85. The molecule has 2 nitrogen and oxygen atoms in total. The maximum absolute atomic E-state index is 5.62. The lowest BCUT2D eigenvalue weighted by Crippen LogP contribution is -2.34. The van der Waals surface area contributed by atoms with Crippen molar-refractivity contribution in [2.45, 2.75) is 52.0 Å². The van der Waals surface area contributed by atoms with Gasteiger partial charge in [-0.05, 0) is 42.0 Å². The summed E-state index contributed by atoms with van der Waals surface area (Å²) in [4.78, 5) is 0. The number of benzene rings is 1. The molecule has 2 heteroatoms. The highest BCUT2D eigenvalue weighted by molar-refractivity contribution is 5.41. The Morgan fingerprint density at radius 2 is 2.11 bits per heavy atom. The number of rotatable bonds is 4. The first-order valence-corrected chi connectivity index (χ1v) is 7.72. The summed E-state index contributed by atoms with van der Waals surface area (Å²) < 4.78 is 5.62. The maximum atomic E-state index is 5.62. The smallest absolute Gasteiger partial charge is 0.122 e. The summed E-state index contributed by atoms with van der Waals surface area (Å²) in [5.74, 6) is 1.09. The molecule has 0 bridgehead atoms. The Kier molecular flexibility index (Phi) is 3.53. The first kappa shape index (κ1) is 13.0. The van der Waals surface area contributed by atoms with E-state index in [1.807, 2.05) is 0 Å². The van der Waals surface area contributed by atoms with Gasteiger partial charge in [-0.2, -0.15) is 0 Å². The lowest BCUT2D eigenvalue weighted by molar-refractivity contribution is 0.226. The summed E-state index contributed by atoms with van der Waals surface area (Å²) in [5.41, 5.74) is 3.27. The van der Waals surface area contributed by atoms with Gasteiger partial charge in [0.15, 0.2) is 0 Å². The van der Waals surface area contributed by atoms with E-state index < -0.39 is 0 Å². The molecule has 1 fully saturated rings. The molecule has 0 amide bonds. The number of nitrogens with one attached hydrogen (secondary N) is 1. The quantitative estimate of drug-likeness (QED) is 0.886. The van der Waals surface area contributed by atoms with Crippen LogP contribution >= 0.6 is 0 Å². The molecule has 2 aliphatic rings. The molecule has 1 saturated carbocycles. The molecule has 0 radical (unpaired) electrons. The lowest BCUT2D eigenvalue weighted by atomic mass is 9.77. The second-order valence-corrected chi connectivity index (χ2v) is 6.32. The third-order valence-electron chi connectivity index (χ3n) is 4.90.